The van der Waals surface area contributed by atoms with Crippen LogP contribution in [0.15, 0.2) is 36.6 Å². The fourth-order valence-electron chi connectivity index (χ4n) is 2.76. The van der Waals surface area contributed by atoms with Crippen molar-refractivity contribution in [2.45, 2.75) is 12.8 Å². The van der Waals surface area contributed by atoms with E-state index in [4.69, 9.17) is 9.47 Å². The van der Waals surface area contributed by atoms with Crippen LogP contribution in [-0.4, -0.2) is 26.2 Å². The van der Waals surface area contributed by atoms with Crippen molar-refractivity contribution in [2.75, 3.05) is 14.2 Å². The Kier molecular flexibility index (Phi) is 4.29. The van der Waals surface area contributed by atoms with Gasteiger partial charge in [0.1, 0.15) is 0 Å². The average molecular weight is 286 g/mol. The molecule has 1 fully saturated rings. The minimum atomic E-state index is -1.14. The Bertz CT molecular complexity index is 595. The smallest absolute Gasteiger partial charge is 0.323 e. The Morgan fingerprint density at radius 2 is 1.95 bits per heavy atom. The van der Waals surface area contributed by atoms with Gasteiger partial charge in [0, 0.05) is 0 Å². The highest BCUT2D eigenvalue weighted by atomic mass is 16.5. The Morgan fingerprint density at radius 3 is 2.52 bits per heavy atom. The zero-order valence-electron chi connectivity index (χ0n) is 12.2. The van der Waals surface area contributed by atoms with Crippen LogP contribution in [0.5, 0.6) is 0 Å². The molecule has 1 aliphatic rings. The molecule has 2 rings (SSSR count). The predicted molar refractivity (Wildman–Crippen MR) is 78.3 cm³/mol. The molecule has 1 saturated carbocycles. The minimum Gasteiger partial charge on any atom is -0.468 e. The lowest BCUT2D eigenvalue weighted by atomic mass is 9.96. The van der Waals surface area contributed by atoms with Crippen LogP contribution in [0.4, 0.5) is 0 Å². The molecule has 4 heteroatoms. The summed E-state index contributed by atoms with van der Waals surface area (Å²) in [6, 6.07) is 7.78. The summed E-state index contributed by atoms with van der Waals surface area (Å²) in [5.74, 6) is -1.14. The van der Waals surface area contributed by atoms with Crippen molar-refractivity contribution >= 4 is 18.0 Å². The molecule has 1 aromatic carbocycles. The van der Waals surface area contributed by atoms with E-state index in [2.05, 4.69) is 12.3 Å². The third-order valence-electron chi connectivity index (χ3n) is 3.98. The van der Waals surface area contributed by atoms with E-state index >= 15 is 0 Å². The summed E-state index contributed by atoms with van der Waals surface area (Å²) in [6.07, 6.45) is 2.85. The number of hydrogen-bond donors (Lipinski definition) is 0. The van der Waals surface area contributed by atoms with Crippen molar-refractivity contribution in [2.24, 2.45) is 11.3 Å². The van der Waals surface area contributed by atoms with Gasteiger partial charge in [0.25, 0.3) is 0 Å². The van der Waals surface area contributed by atoms with E-state index in [0.29, 0.717) is 12.8 Å². The molecule has 1 atom stereocenters. The molecule has 110 valence electrons. The minimum absolute atomic E-state index is 0.100. The van der Waals surface area contributed by atoms with Crippen LogP contribution in [-0.2, 0) is 25.5 Å². The molecule has 0 N–H and O–H groups in total. The van der Waals surface area contributed by atoms with Gasteiger partial charge < -0.3 is 9.47 Å². The second-order valence-electron chi connectivity index (χ2n) is 5.11. The predicted octanol–water partition coefficient (Wildman–Crippen LogP) is 2.38. The third kappa shape index (κ3) is 2.63. The summed E-state index contributed by atoms with van der Waals surface area (Å²) in [6.45, 7) is 3.57. The molecule has 0 aromatic heterocycles. The van der Waals surface area contributed by atoms with E-state index < -0.39 is 17.4 Å². The van der Waals surface area contributed by atoms with Crippen LogP contribution in [0.2, 0.25) is 0 Å². The third-order valence-corrected chi connectivity index (χ3v) is 3.98. The Balaban J connectivity index is 2.24. The SMILES string of the molecule is C=C=Cc1ccccc1CC1CC1(C(=O)OC)C(=O)OC. The molecule has 1 aliphatic carbocycles. The van der Waals surface area contributed by atoms with E-state index in [-0.39, 0.29) is 5.92 Å². The highest BCUT2D eigenvalue weighted by Gasteiger charge is 2.67. The summed E-state index contributed by atoms with van der Waals surface area (Å²) >= 11 is 0. The monoisotopic (exact) mass is 286 g/mol. The normalized spacial score (nSPS) is 18.3. The van der Waals surface area contributed by atoms with Gasteiger partial charge in [-0.25, -0.2) is 0 Å². The highest BCUT2D eigenvalue weighted by Crippen LogP contribution is 2.56. The van der Waals surface area contributed by atoms with Crippen molar-refractivity contribution in [3.8, 4) is 0 Å². The fourth-order valence-corrected chi connectivity index (χ4v) is 2.76. The molecule has 0 radical (unpaired) electrons. The van der Waals surface area contributed by atoms with E-state index in [1.807, 2.05) is 24.3 Å². The number of methoxy groups -OCH3 is 2. The van der Waals surface area contributed by atoms with Gasteiger partial charge in [-0.3, -0.25) is 9.59 Å². The van der Waals surface area contributed by atoms with Gasteiger partial charge in [0.05, 0.1) is 14.2 Å². The van der Waals surface area contributed by atoms with Crippen molar-refractivity contribution in [3.05, 3.63) is 47.7 Å². The summed E-state index contributed by atoms with van der Waals surface area (Å²) in [5, 5.41) is 0. The Morgan fingerprint density at radius 1 is 1.33 bits per heavy atom. The number of benzene rings is 1. The summed E-state index contributed by atoms with van der Waals surface area (Å²) < 4.78 is 9.55. The summed E-state index contributed by atoms with van der Waals surface area (Å²) in [7, 11) is 2.58. The maximum Gasteiger partial charge on any atom is 0.323 e. The van der Waals surface area contributed by atoms with Crippen LogP contribution in [0, 0.1) is 11.3 Å². The maximum atomic E-state index is 12.0. The molecule has 0 saturated heterocycles. The molecular formula is C17H18O4. The Labute approximate surface area is 124 Å². The van der Waals surface area contributed by atoms with E-state index in [1.165, 1.54) is 14.2 Å². The Hall–Kier alpha value is -2.32. The van der Waals surface area contributed by atoms with Crippen molar-refractivity contribution in [1.29, 1.82) is 0 Å². The first-order valence-electron chi connectivity index (χ1n) is 6.70. The quantitative estimate of drug-likeness (QED) is 0.474. The number of carbonyl (C=O) groups excluding carboxylic acids is 2. The fraction of sp³-hybridized carbons (Fsp3) is 0.353. The summed E-state index contributed by atoms with van der Waals surface area (Å²) in [4.78, 5) is 23.9. The topological polar surface area (TPSA) is 52.6 Å². The number of esters is 2. The van der Waals surface area contributed by atoms with Gasteiger partial charge in [0.2, 0.25) is 0 Å². The van der Waals surface area contributed by atoms with Crippen LogP contribution < -0.4 is 0 Å². The van der Waals surface area contributed by atoms with Crippen LogP contribution in [0.25, 0.3) is 6.08 Å². The molecule has 1 aromatic rings. The molecule has 0 amide bonds. The second kappa shape index (κ2) is 5.98. The molecule has 0 spiro atoms. The second-order valence-corrected chi connectivity index (χ2v) is 5.11. The van der Waals surface area contributed by atoms with Crippen LogP contribution in [0.1, 0.15) is 17.5 Å². The number of carbonyl (C=O) groups is 2. The first kappa shape index (κ1) is 15.1. The van der Waals surface area contributed by atoms with Gasteiger partial charge in [-0.2, -0.15) is 0 Å². The average Bonchev–Trinajstić information content (AvgIpc) is 3.23. The van der Waals surface area contributed by atoms with Gasteiger partial charge in [-0.1, -0.05) is 30.8 Å². The van der Waals surface area contributed by atoms with Crippen LogP contribution >= 0.6 is 0 Å². The largest absolute Gasteiger partial charge is 0.468 e. The molecule has 21 heavy (non-hydrogen) atoms. The van der Waals surface area contributed by atoms with E-state index in [1.54, 1.807) is 6.08 Å². The first-order valence-corrected chi connectivity index (χ1v) is 6.70. The molecule has 0 bridgehead atoms. The number of hydrogen-bond acceptors (Lipinski definition) is 4. The lowest BCUT2D eigenvalue weighted by molar-refractivity contribution is -0.162. The first-order chi connectivity index (χ1) is 10.1. The van der Waals surface area contributed by atoms with Gasteiger partial charge >= 0.3 is 11.9 Å². The molecule has 1 unspecified atom stereocenters. The van der Waals surface area contributed by atoms with E-state index in [0.717, 1.165) is 11.1 Å². The van der Waals surface area contributed by atoms with Gasteiger partial charge in [-0.15, -0.1) is 5.73 Å². The maximum absolute atomic E-state index is 12.0. The van der Waals surface area contributed by atoms with Gasteiger partial charge in [0.15, 0.2) is 5.41 Å². The standard InChI is InChI=1S/C17H18O4/c1-4-7-12-8-5-6-9-13(12)10-14-11-17(14,15(18)20-2)16(19)21-3/h5-9,14H,1,10-11H2,2-3H3. The van der Waals surface area contributed by atoms with Crippen molar-refractivity contribution in [1.82, 2.24) is 0 Å². The number of ether oxygens (including phenoxy) is 2. The van der Waals surface area contributed by atoms with Gasteiger partial charge in [-0.05, 0) is 36.0 Å². The lowest BCUT2D eigenvalue weighted by Gasteiger charge is -2.13. The zero-order chi connectivity index (χ0) is 15.5. The summed E-state index contributed by atoms with van der Waals surface area (Å²) in [5.41, 5.74) is 3.64. The molecule has 0 heterocycles. The highest BCUT2D eigenvalue weighted by molar-refractivity contribution is 6.03. The zero-order valence-corrected chi connectivity index (χ0v) is 12.2. The van der Waals surface area contributed by atoms with Crippen LogP contribution in [0.3, 0.4) is 0 Å². The lowest BCUT2D eigenvalue weighted by Crippen LogP contribution is -2.30. The van der Waals surface area contributed by atoms with Crippen molar-refractivity contribution < 1.29 is 19.1 Å². The molecular weight excluding hydrogens is 268 g/mol. The molecule has 0 aliphatic heterocycles. The molecule has 4 nitrogen and oxygen atoms in total. The van der Waals surface area contributed by atoms with E-state index in [9.17, 15) is 9.59 Å². The number of rotatable bonds is 5. The van der Waals surface area contributed by atoms with Crippen molar-refractivity contribution in [3.63, 3.8) is 0 Å².